The Morgan fingerprint density at radius 3 is 2.74 bits per heavy atom. The molecule has 0 aliphatic heterocycles. The van der Waals surface area contributed by atoms with Crippen LogP contribution in [0.25, 0.3) is 10.9 Å². The highest BCUT2D eigenvalue weighted by Crippen LogP contribution is 2.35. The molecule has 0 spiro atoms. The SMILES string of the molecule is Fc1ccc(Nc2c3c(nc4ccccc24)CCCC3)cc1Cl. The van der Waals surface area contributed by atoms with Gasteiger partial charge in [-0.05, 0) is 55.5 Å². The van der Waals surface area contributed by atoms with Crippen LogP contribution in [0.3, 0.4) is 0 Å². The lowest BCUT2D eigenvalue weighted by Gasteiger charge is -2.21. The van der Waals surface area contributed by atoms with E-state index in [-0.39, 0.29) is 5.02 Å². The van der Waals surface area contributed by atoms with Gasteiger partial charge >= 0.3 is 0 Å². The largest absolute Gasteiger partial charge is 0.355 e. The van der Waals surface area contributed by atoms with E-state index in [4.69, 9.17) is 16.6 Å². The number of rotatable bonds is 2. The molecule has 0 bridgehead atoms. The maximum atomic E-state index is 13.4. The van der Waals surface area contributed by atoms with Gasteiger partial charge in [0.2, 0.25) is 0 Å². The molecule has 1 N–H and O–H groups in total. The van der Waals surface area contributed by atoms with E-state index >= 15 is 0 Å². The van der Waals surface area contributed by atoms with Gasteiger partial charge in [-0.2, -0.15) is 0 Å². The predicted octanol–water partition coefficient (Wildman–Crippen LogP) is 5.65. The van der Waals surface area contributed by atoms with E-state index < -0.39 is 5.82 Å². The Morgan fingerprint density at radius 1 is 1.04 bits per heavy atom. The molecule has 4 rings (SSSR count). The van der Waals surface area contributed by atoms with Crippen LogP contribution in [-0.4, -0.2) is 4.98 Å². The molecule has 1 aromatic heterocycles. The predicted molar refractivity (Wildman–Crippen MR) is 93.1 cm³/mol. The van der Waals surface area contributed by atoms with Crippen molar-refractivity contribution in [3.05, 3.63) is 64.6 Å². The molecule has 0 fully saturated rings. The summed E-state index contributed by atoms with van der Waals surface area (Å²) in [5.74, 6) is -0.404. The number of benzene rings is 2. The molecule has 0 saturated heterocycles. The van der Waals surface area contributed by atoms with Crippen molar-refractivity contribution < 1.29 is 4.39 Å². The fourth-order valence-electron chi connectivity index (χ4n) is 3.23. The zero-order chi connectivity index (χ0) is 15.8. The van der Waals surface area contributed by atoms with E-state index in [2.05, 4.69) is 11.4 Å². The quantitative estimate of drug-likeness (QED) is 0.658. The molecule has 1 aliphatic carbocycles. The van der Waals surface area contributed by atoms with Crippen LogP contribution in [0, 0.1) is 5.82 Å². The lowest BCUT2D eigenvalue weighted by Crippen LogP contribution is -2.09. The van der Waals surface area contributed by atoms with Gasteiger partial charge in [0.05, 0.1) is 16.2 Å². The fraction of sp³-hybridized carbons (Fsp3) is 0.211. The number of para-hydroxylation sites is 1. The molecule has 23 heavy (non-hydrogen) atoms. The summed E-state index contributed by atoms with van der Waals surface area (Å²) in [7, 11) is 0. The molecule has 1 heterocycles. The molecular formula is C19H16ClFN2. The van der Waals surface area contributed by atoms with E-state index in [1.54, 1.807) is 12.1 Å². The summed E-state index contributed by atoms with van der Waals surface area (Å²) in [6, 6.07) is 12.9. The van der Waals surface area contributed by atoms with Gasteiger partial charge in [-0.1, -0.05) is 29.8 Å². The van der Waals surface area contributed by atoms with E-state index in [0.29, 0.717) is 0 Å². The van der Waals surface area contributed by atoms with Gasteiger partial charge < -0.3 is 5.32 Å². The van der Waals surface area contributed by atoms with Crippen molar-refractivity contribution in [1.82, 2.24) is 4.98 Å². The number of pyridine rings is 1. The summed E-state index contributed by atoms with van der Waals surface area (Å²) in [5.41, 5.74) is 5.30. The highest BCUT2D eigenvalue weighted by molar-refractivity contribution is 6.31. The van der Waals surface area contributed by atoms with Gasteiger partial charge in [0.15, 0.2) is 0 Å². The topological polar surface area (TPSA) is 24.9 Å². The van der Waals surface area contributed by atoms with Crippen molar-refractivity contribution in [3.63, 3.8) is 0 Å². The molecule has 3 aromatic rings. The zero-order valence-corrected chi connectivity index (χ0v) is 13.3. The van der Waals surface area contributed by atoms with E-state index in [0.717, 1.165) is 35.1 Å². The Hall–Kier alpha value is -2.13. The standard InChI is InChI=1S/C19H16ClFN2/c20-15-11-12(9-10-16(15)21)22-19-13-5-1-3-7-17(13)23-18-8-4-2-6-14(18)19/h1,3,5,7,9-11H,2,4,6,8H2,(H,22,23). The maximum Gasteiger partial charge on any atom is 0.141 e. The van der Waals surface area contributed by atoms with Gasteiger partial charge in [-0.25, -0.2) is 4.39 Å². The zero-order valence-electron chi connectivity index (χ0n) is 12.6. The molecule has 1 aliphatic rings. The molecule has 0 amide bonds. The minimum absolute atomic E-state index is 0.127. The van der Waals surface area contributed by atoms with Crippen LogP contribution in [0.4, 0.5) is 15.8 Å². The van der Waals surface area contributed by atoms with Gasteiger partial charge in [0.25, 0.3) is 0 Å². The second kappa shape index (κ2) is 5.82. The normalized spacial score (nSPS) is 13.8. The third-order valence-corrected chi connectivity index (χ3v) is 4.65. The van der Waals surface area contributed by atoms with Crippen LogP contribution in [0.5, 0.6) is 0 Å². The third-order valence-electron chi connectivity index (χ3n) is 4.36. The monoisotopic (exact) mass is 326 g/mol. The minimum Gasteiger partial charge on any atom is -0.355 e. The number of nitrogens with zero attached hydrogens (tertiary/aromatic N) is 1. The lowest BCUT2D eigenvalue weighted by atomic mass is 9.92. The molecule has 2 aromatic carbocycles. The van der Waals surface area contributed by atoms with Crippen LogP contribution >= 0.6 is 11.6 Å². The summed E-state index contributed by atoms with van der Waals surface area (Å²) in [6.45, 7) is 0. The number of hydrogen-bond acceptors (Lipinski definition) is 2. The maximum absolute atomic E-state index is 13.4. The molecule has 0 radical (unpaired) electrons. The molecule has 0 atom stereocenters. The lowest BCUT2D eigenvalue weighted by molar-refractivity contribution is 0.628. The molecule has 0 saturated carbocycles. The van der Waals surface area contributed by atoms with Crippen molar-refractivity contribution in [2.45, 2.75) is 25.7 Å². The number of nitrogens with one attached hydrogen (secondary N) is 1. The van der Waals surface area contributed by atoms with Crippen LogP contribution in [0.2, 0.25) is 5.02 Å². The first-order valence-electron chi connectivity index (χ1n) is 7.85. The minimum atomic E-state index is -0.404. The summed E-state index contributed by atoms with van der Waals surface area (Å²) in [6.07, 6.45) is 4.38. The Balaban J connectivity index is 1.88. The second-order valence-electron chi connectivity index (χ2n) is 5.89. The average Bonchev–Trinajstić information content (AvgIpc) is 2.58. The van der Waals surface area contributed by atoms with Gasteiger partial charge in [0.1, 0.15) is 5.82 Å². The number of hydrogen-bond donors (Lipinski definition) is 1. The molecule has 2 nitrogen and oxygen atoms in total. The molecule has 116 valence electrons. The van der Waals surface area contributed by atoms with Crippen molar-refractivity contribution >= 4 is 33.9 Å². The number of halogens is 2. The van der Waals surface area contributed by atoms with E-state index in [9.17, 15) is 4.39 Å². The van der Waals surface area contributed by atoms with E-state index in [1.165, 1.54) is 30.2 Å². The van der Waals surface area contributed by atoms with Gasteiger partial charge in [0, 0.05) is 16.8 Å². The highest BCUT2D eigenvalue weighted by Gasteiger charge is 2.18. The number of aromatic nitrogens is 1. The summed E-state index contributed by atoms with van der Waals surface area (Å²) in [5, 5.41) is 4.67. The summed E-state index contributed by atoms with van der Waals surface area (Å²) >= 11 is 5.91. The average molecular weight is 327 g/mol. The molecular weight excluding hydrogens is 311 g/mol. The van der Waals surface area contributed by atoms with Crippen LogP contribution < -0.4 is 5.32 Å². The van der Waals surface area contributed by atoms with Crippen molar-refractivity contribution in [1.29, 1.82) is 0 Å². The Labute approximate surface area is 139 Å². The molecule has 4 heteroatoms. The third kappa shape index (κ3) is 2.66. The highest BCUT2D eigenvalue weighted by atomic mass is 35.5. The molecule has 0 unspecified atom stereocenters. The van der Waals surface area contributed by atoms with Crippen molar-refractivity contribution in [2.24, 2.45) is 0 Å². The summed E-state index contributed by atoms with van der Waals surface area (Å²) in [4.78, 5) is 4.82. The van der Waals surface area contributed by atoms with Gasteiger partial charge in [-0.3, -0.25) is 4.98 Å². The number of fused-ring (bicyclic) bond motifs is 2. The Bertz CT molecular complexity index is 892. The van der Waals surface area contributed by atoms with Crippen LogP contribution in [0.1, 0.15) is 24.1 Å². The summed E-state index contributed by atoms with van der Waals surface area (Å²) < 4.78 is 13.4. The Morgan fingerprint density at radius 2 is 1.87 bits per heavy atom. The van der Waals surface area contributed by atoms with E-state index in [1.807, 2.05) is 18.2 Å². The Kier molecular flexibility index (Phi) is 3.66. The second-order valence-corrected chi connectivity index (χ2v) is 6.30. The first-order valence-corrected chi connectivity index (χ1v) is 8.23. The number of anilines is 2. The van der Waals surface area contributed by atoms with Crippen LogP contribution in [0.15, 0.2) is 42.5 Å². The van der Waals surface area contributed by atoms with Crippen molar-refractivity contribution in [3.8, 4) is 0 Å². The van der Waals surface area contributed by atoms with Gasteiger partial charge in [-0.15, -0.1) is 0 Å². The van der Waals surface area contributed by atoms with Crippen molar-refractivity contribution in [2.75, 3.05) is 5.32 Å². The first kappa shape index (κ1) is 14.5. The number of aryl methyl sites for hydroxylation is 1. The first-order chi connectivity index (χ1) is 11.2. The smallest absolute Gasteiger partial charge is 0.141 e. The fourth-order valence-corrected chi connectivity index (χ4v) is 3.41. The van der Waals surface area contributed by atoms with Crippen LogP contribution in [-0.2, 0) is 12.8 Å².